The molecule has 0 bridgehead atoms. The van der Waals surface area contributed by atoms with Crippen LogP contribution in [-0.2, 0) is 9.53 Å². The average Bonchev–Trinajstić information content (AvgIpc) is 3.46. The summed E-state index contributed by atoms with van der Waals surface area (Å²) in [5, 5.41) is 20.1. The second kappa shape index (κ2) is 10.1. The van der Waals surface area contributed by atoms with Gasteiger partial charge < -0.3 is 20.2 Å². The molecular formula is C30H26N6O3. The van der Waals surface area contributed by atoms with Gasteiger partial charge in [-0.2, -0.15) is 5.10 Å². The highest BCUT2D eigenvalue weighted by Crippen LogP contribution is 2.41. The third-order valence-electron chi connectivity index (χ3n) is 6.91. The second-order valence-electron chi connectivity index (χ2n) is 9.41. The third kappa shape index (κ3) is 4.53. The maximum atomic E-state index is 13.6. The minimum Gasteiger partial charge on any atom is -0.491 e. The minimum absolute atomic E-state index is 0.0632. The zero-order chi connectivity index (χ0) is 26.9. The molecule has 0 fully saturated rings. The number of amidine groups is 1. The van der Waals surface area contributed by atoms with Gasteiger partial charge in [0.2, 0.25) is 5.91 Å². The number of pyridine rings is 1. The molecule has 6 rings (SSSR count). The van der Waals surface area contributed by atoms with E-state index in [1.165, 1.54) is 0 Å². The number of ether oxygens (including phenoxy) is 2. The van der Waals surface area contributed by atoms with Gasteiger partial charge in [0.25, 0.3) is 0 Å². The van der Waals surface area contributed by atoms with Crippen molar-refractivity contribution in [1.82, 2.24) is 20.5 Å². The number of benzene rings is 2. The molecule has 1 aliphatic heterocycles. The first kappa shape index (κ1) is 24.4. The number of nitrogens with zero attached hydrogens (tertiary/aromatic N) is 3. The molecule has 1 aliphatic carbocycles. The largest absolute Gasteiger partial charge is 0.491 e. The number of carbonyl (C=O) groups is 1. The number of nitrogens with one attached hydrogen (secondary N) is 3. The Bertz CT molecular complexity index is 1690. The lowest BCUT2D eigenvalue weighted by atomic mass is 9.78. The van der Waals surface area contributed by atoms with Crippen molar-refractivity contribution in [2.75, 3.05) is 13.7 Å². The van der Waals surface area contributed by atoms with Gasteiger partial charge >= 0.3 is 0 Å². The number of fused-ring (bicyclic) bond motifs is 2. The van der Waals surface area contributed by atoms with E-state index < -0.39 is 5.92 Å². The molecule has 0 saturated heterocycles. The fourth-order valence-electron chi connectivity index (χ4n) is 4.80. The Morgan fingerprint density at radius 3 is 2.72 bits per heavy atom. The van der Waals surface area contributed by atoms with Crippen molar-refractivity contribution in [3.8, 4) is 5.75 Å². The Morgan fingerprint density at radius 2 is 1.90 bits per heavy atom. The molecule has 0 spiro atoms. The summed E-state index contributed by atoms with van der Waals surface area (Å²) in [7, 11) is 1.65. The van der Waals surface area contributed by atoms with Crippen molar-refractivity contribution >= 4 is 39.5 Å². The van der Waals surface area contributed by atoms with Crippen LogP contribution in [0.1, 0.15) is 23.6 Å². The number of rotatable bonds is 7. The van der Waals surface area contributed by atoms with Gasteiger partial charge in [0, 0.05) is 41.6 Å². The summed E-state index contributed by atoms with van der Waals surface area (Å²) in [5.41, 5.74) is 5.32. The summed E-state index contributed by atoms with van der Waals surface area (Å²) in [5.74, 6) is -0.0901. The number of aliphatic imine (C=N–C) groups is 1. The number of H-pyrrole nitrogens is 1. The number of allylic oxidation sites excluding steroid dienone is 3. The van der Waals surface area contributed by atoms with Gasteiger partial charge in [-0.3, -0.25) is 14.9 Å². The average molecular weight is 519 g/mol. The number of hydrogen-bond acceptors (Lipinski definition) is 7. The highest BCUT2D eigenvalue weighted by atomic mass is 16.5. The summed E-state index contributed by atoms with van der Waals surface area (Å²) in [6.07, 6.45) is 6.93. The van der Waals surface area contributed by atoms with E-state index in [0.717, 1.165) is 33.2 Å². The lowest BCUT2D eigenvalue weighted by Gasteiger charge is -2.31. The van der Waals surface area contributed by atoms with E-state index in [1.54, 1.807) is 37.8 Å². The van der Waals surface area contributed by atoms with Gasteiger partial charge in [-0.15, -0.1) is 0 Å². The Morgan fingerprint density at radius 1 is 1.08 bits per heavy atom. The fourth-order valence-corrected chi connectivity index (χ4v) is 4.80. The van der Waals surface area contributed by atoms with E-state index in [1.807, 2.05) is 55.5 Å². The van der Waals surface area contributed by atoms with Crippen LogP contribution in [0.15, 0.2) is 90.0 Å². The van der Waals surface area contributed by atoms with Crippen LogP contribution >= 0.6 is 0 Å². The highest BCUT2D eigenvalue weighted by Gasteiger charge is 2.39. The SMILES string of the molecule is CO[C@H](C)COc1cccc(C2=C3N=C(c4ccncc4)NC(=O)C3C(=N)C(c3cccc4[nH]ncc34)=C2)c1. The molecule has 1 amide bonds. The van der Waals surface area contributed by atoms with Crippen molar-refractivity contribution in [3.63, 3.8) is 0 Å². The molecule has 9 nitrogen and oxygen atoms in total. The molecule has 9 heteroatoms. The normalized spacial score (nSPS) is 17.8. The maximum absolute atomic E-state index is 13.6. The molecule has 0 radical (unpaired) electrons. The Hall–Kier alpha value is -4.89. The van der Waals surface area contributed by atoms with Crippen LogP contribution in [0.4, 0.5) is 0 Å². The Kier molecular flexibility index (Phi) is 6.34. The lowest BCUT2D eigenvalue weighted by molar-refractivity contribution is -0.121. The monoisotopic (exact) mass is 518 g/mol. The quantitative estimate of drug-likeness (QED) is 0.335. The van der Waals surface area contributed by atoms with Crippen LogP contribution in [0.2, 0.25) is 0 Å². The predicted molar refractivity (Wildman–Crippen MR) is 150 cm³/mol. The standard InChI is InChI=1S/C30H26N6O3/c1-17(38-2)16-39-20-6-3-5-19(13-20)22-14-23(21-7-4-8-25-24(21)15-33-36-25)27(31)26-28(22)34-29(35-30(26)37)18-9-11-32-12-10-18/h3-15,17,26,31H,16H2,1-2H3,(H,33,36)(H,34,35,37)/t17-,26?/m1/s1. The highest BCUT2D eigenvalue weighted by molar-refractivity contribution is 6.36. The van der Waals surface area contributed by atoms with Crippen LogP contribution in [0.25, 0.3) is 22.0 Å². The van der Waals surface area contributed by atoms with Gasteiger partial charge in [-0.1, -0.05) is 24.3 Å². The summed E-state index contributed by atoms with van der Waals surface area (Å²) in [6.45, 7) is 2.34. The fraction of sp³-hybridized carbons (Fsp3) is 0.167. The molecule has 2 aromatic heterocycles. The van der Waals surface area contributed by atoms with Crippen LogP contribution < -0.4 is 10.1 Å². The van der Waals surface area contributed by atoms with Crippen LogP contribution in [0, 0.1) is 11.3 Å². The molecule has 39 heavy (non-hydrogen) atoms. The van der Waals surface area contributed by atoms with E-state index in [2.05, 4.69) is 20.5 Å². The number of carbonyl (C=O) groups excluding carboxylic acids is 1. The number of hydrogen-bond donors (Lipinski definition) is 3. The smallest absolute Gasteiger partial charge is 0.240 e. The molecular weight excluding hydrogens is 492 g/mol. The molecule has 2 aromatic carbocycles. The molecule has 3 N–H and O–H groups in total. The molecule has 3 heterocycles. The van der Waals surface area contributed by atoms with E-state index in [0.29, 0.717) is 29.5 Å². The first-order chi connectivity index (χ1) is 19.0. The lowest BCUT2D eigenvalue weighted by Crippen LogP contribution is -2.45. The number of amides is 1. The third-order valence-corrected chi connectivity index (χ3v) is 6.91. The zero-order valence-corrected chi connectivity index (χ0v) is 21.4. The van der Waals surface area contributed by atoms with Crippen LogP contribution in [0.5, 0.6) is 5.75 Å². The molecule has 194 valence electrons. The Balaban J connectivity index is 1.55. The summed E-state index contributed by atoms with van der Waals surface area (Å²) >= 11 is 0. The first-order valence-corrected chi connectivity index (χ1v) is 12.6. The minimum atomic E-state index is -0.883. The molecule has 0 saturated carbocycles. The van der Waals surface area contributed by atoms with Crippen molar-refractivity contribution in [3.05, 3.63) is 102 Å². The van der Waals surface area contributed by atoms with Gasteiger partial charge in [0.15, 0.2) is 0 Å². The van der Waals surface area contributed by atoms with Crippen molar-refractivity contribution in [2.24, 2.45) is 10.9 Å². The second-order valence-corrected chi connectivity index (χ2v) is 9.41. The predicted octanol–water partition coefficient (Wildman–Crippen LogP) is 4.39. The molecule has 2 aliphatic rings. The number of aromatic amines is 1. The first-order valence-electron chi connectivity index (χ1n) is 12.6. The number of methoxy groups -OCH3 is 1. The molecule has 2 atom stereocenters. The van der Waals surface area contributed by atoms with Gasteiger partial charge in [0.05, 0.1) is 29.2 Å². The summed E-state index contributed by atoms with van der Waals surface area (Å²) < 4.78 is 11.3. The summed E-state index contributed by atoms with van der Waals surface area (Å²) in [4.78, 5) is 22.6. The molecule has 1 unspecified atom stereocenters. The maximum Gasteiger partial charge on any atom is 0.240 e. The van der Waals surface area contributed by atoms with Crippen molar-refractivity contribution in [1.29, 1.82) is 5.41 Å². The van der Waals surface area contributed by atoms with E-state index in [9.17, 15) is 4.79 Å². The van der Waals surface area contributed by atoms with Crippen molar-refractivity contribution < 1.29 is 14.3 Å². The van der Waals surface area contributed by atoms with Crippen LogP contribution in [-0.4, -0.2) is 52.5 Å². The van der Waals surface area contributed by atoms with Gasteiger partial charge in [-0.05, 0) is 54.5 Å². The van der Waals surface area contributed by atoms with E-state index in [-0.39, 0.29) is 17.7 Å². The van der Waals surface area contributed by atoms with E-state index >= 15 is 0 Å². The number of aromatic nitrogens is 3. The Labute approximate surface area is 224 Å². The van der Waals surface area contributed by atoms with Gasteiger partial charge in [0.1, 0.15) is 24.1 Å². The van der Waals surface area contributed by atoms with Crippen LogP contribution in [0.3, 0.4) is 0 Å². The zero-order valence-electron chi connectivity index (χ0n) is 21.4. The topological polar surface area (TPSA) is 125 Å². The van der Waals surface area contributed by atoms with Crippen molar-refractivity contribution in [2.45, 2.75) is 13.0 Å². The summed E-state index contributed by atoms with van der Waals surface area (Å²) in [6, 6.07) is 17.1. The molecule has 4 aromatic rings. The van der Waals surface area contributed by atoms with Gasteiger partial charge in [-0.25, -0.2) is 4.99 Å². The van der Waals surface area contributed by atoms with E-state index in [4.69, 9.17) is 19.9 Å².